The van der Waals surface area contributed by atoms with Crippen LogP contribution in [0.3, 0.4) is 0 Å². The van der Waals surface area contributed by atoms with Gasteiger partial charge < -0.3 is 10.1 Å². The van der Waals surface area contributed by atoms with E-state index in [2.05, 4.69) is 15.4 Å². The van der Waals surface area contributed by atoms with E-state index in [4.69, 9.17) is 0 Å². The van der Waals surface area contributed by atoms with Crippen LogP contribution in [0.2, 0.25) is 0 Å². The zero-order chi connectivity index (χ0) is 8.81. The van der Waals surface area contributed by atoms with Crippen LogP contribution in [-0.4, -0.2) is 38.8 Å². The summed E-state index contributed by atoms with van der Waals surface area (Å²) in [7, 11) is 1.40. The average molecular weight is 171 g/mol. The predicted octanol–water partition coefficient (Wildman–Crippen LogP) is -0.484. The van der Waals surface area contributed by atoms with Gasteiger partial charge in [0.2, 0.25) is 0 Å². The van der Waals surface area contributed by atoms with E-state index in [1.165, 1.54) is 7.11 Å². The van der Waals surface area contributed by atoms with E-state index in [1.807, 2.05) is 0 Å². The first kappa shape index (κ1) is 9.48. The third-order valence-corrected chi connectivity index (χ3v) is 1.98. The normalized spacial score (nSPS) is 23.6. The van der Waals surface area contributed by atoms with Gasteiger partial charge in [0.15, 0.2) is 0 Å². The largest absolute Gasteiger partial charge is 0.468 e. The molecule has 1 heterocycles. The Morgan fingerprint density at radius 3 is 3.17 bits per heavy atom. The number of nitrogens with one attached hydrogen (secondary N) is 1. The van der Waals surface area contributed by atoms with Crippen LogP contribution in [0.1, 0.15) is 12.8 Å². The Bertz CT molecular complexity index is 144. The lowest BCUT2D eigenvalue weighted by Crippen LogP contribution is -2.42. The molecule has 4 nitrogen and oxygen atoms in total. The van der Waals surface area contributed by atoms with Crippen molar-refractivity contribution >= 4 is 5.97 Å². The van der Waals surface area contributed by atoms with E-state index in [-0.39, 0.29) is 5.97 Å². The van der Waals surface area contributed by atoms with Gasteiger partial charge in [-0.1, -0.05) is 0 Å². The van der Waals surface area contributed by atoms with Crippen molar-refractivity contribution in [1.82, 2.24) is 10.6 Å². The van der Waals surface area contributed by atoms with Gasteiger partial charge in [-0.15, -0.1) is 0 Å². The molecule has 1 atom stereocenters. The average Bonchev–Trinajstić information content (AvgIpc) is 2.16. The summed E-state index contributed by atoms with van der Waals surface area (Å²) in [5.74, 6) is -0.208. The molecule has 0 bridgehead atoms. The topological polar surface area (TPSA) is 52.4 Å². The van der Waals surface area contributed by atoms with Crippen molar-refractivity contribution in [2.75, 3.05) is 26.7 Å². The molecule has 12 heavy (non-hydrogen) atoms. The van der Waals surface area contributed by atoms with Gasteiger partial charge in [0.25, 0.3) is 0 Å². The Kier molecular flexibility index (Phi) is 4.04. The van der Waals surface area contributed by atoms with Crippen LogP contribution < -0.4 is 10.6 Å². The molecule has 0 aromatic heterocycles. The zero-order valence-electron chi connectivity index (χ0n) is 7.38. The fourth-order valence-electron chi connectivity index (χ4n) is 1.25. The monoisotopic (exact) mass is 171 g/mol. The minimum atomic E-state index is -0.208. The Balaban J connectivity index is 2.09. The molecule has 1 unspecified atom stereocenters. The summed E-state index contributed by atoms with van der Waals surface area (Å²) in [5.41, 5.74) is 0. The third kappa shape index (κ3) is 3.19. The number of ether oxygens (including phenoxy) is 1. The summed E-state index contributed by atoms with van der Waals surface area (Å²) < 4.78 is 4.51. The summed E-state index contributed by atoms with van der Waals surface area (Å²) in [6, 6.07) is 0.373. The maximum absolute atomic E-state index is 10.7. The van der Waals surface area contributed by atoms with Crippen LogP contribution >= 0.6 is 0 Å². The number of methoxy groups -OCH3 is 1. The Morgan fingerprint density at radius 1 is 1.75 bits per heavy atom. The molecule has 1 saturated heterocycles. The molecule has 0 aromatic rings. The number of esters is 1. The molecule has 1 rings (SSSR count). The maximum atomic E-state index is 10.7. The number of nitrogens with zero attached hydrogens (tertiary/aromatic N) is 1. The highest BCUT2D eigenvalue weighted by atomic mass is 16.5. The fourth-order valence-corrected chi connectivity index (χ4v) is 1.25. The van der Waals surface area contributed by atoms with E-state index in [0.717, 1.165) is 25.9 Å². The number of hydrogen-bond acceptors (Lipinski definition) is 3. The van der Waals surface area contributed by atoms with Crippen LogP contribution in [0.25, 0.3) is 0 Å². The van der Waals surface area contributed by atoms with Gasteiger partial charge in [-0.3, -0.25) is 4.79 Å². The molecular formula is C8H15N2O2. The number of piperidine rings is 1. The van der Waals surface area contributed by atoms with Gasteiger partial charge in [-0.25, -0.2) is 5.32 Å². The van der Waals surface area contributed by atoms with Crippen molar-refractivity contribution in [2.24, 2.45) is 0 Å². The predicted molar refractivity (Wildman–Crippen MR) is 44.9 cm³/mol. The lowest BCUT2D eigenvalue weighted by molar-refractivity contribution is -0.139. The second kappa shape index (κ2) is 5.11. The molecule has 0 saturated carbocycles. The molecule has 1 radical (unpaired) electrons. The molecule has 0 spiro atoms. The van der Waals surface area contributed by atoms with Crippen molar-refractivity contribution < 1.29 is 9.53 Å². The van der Waals surface area contributed by atoms with Crippen LogP contribution in [0.4, 0.5) is 0 Å². The van der Waals surface area contributed by atoms with Gasteiger partial charge in [-0.2, -0.15) is 0 Å². The van der Waals surface area contributed by atoms with Crippen LogP contribution in [0.15, 0.2) is 0 Å². The SMILES string of the molecule is COC(=O)CNC1CCC[N]C1. The van der Waals surface area contributed by atoms with E-state index in [0.29, 0.717) is 12.6 Å². The number of rotatable bonds is 3. The minimum absolute atomic E-state index is 0.208. The molecule has 69 valence electrons. The second-order valence-corrected chi connectivity index (χ2v) is 2.93. The minimum Gasteiger partial charge on any atom is -0.468 e. The van der Waals surface area contributed by atoms with Crippen molar-refractivity contribution in [3.05, 3.63) is 0 Å². The summed E-state index contributed by atoms with van der Waals surface area (Å²) in [4.78, 5) is 10.7. The van der Waals surface area contributed by atoms with Crippen molar-refractivity contribution in [3.8, 4) is 0 Å². The molecule has 0 aromatic carbocycles. The second-order valence-electron chi connectivity index (χ2n) is 2.93. The quantitative estimate of drug-likeness (QED) is 0.583. The first-order chi connectivity index (χ1) is 5.83. The highest BCUT2D eigenvalue weighted by molar-refractivity contribution is 5.71. The Hall–Kier alpha value is -0.610. The summed E-state index contributed by atoms with van der Waals surface area (Å²) in [6.07, 6.45) is 2.24. The van der Waals surface area contributed by atoms with Gasteiger partial charge >= 0.3 is 5.97 Å². The molecule has 1 N–H and O–H groups in total. The number of hydrogen-bond donors (Lipinski definition) is 1. The van der Waals surface area contributed by atoms with Gasteiger partial charge in [-0.05, 0) is 12.8 Å². The van der Waals surface area contributed by atoms with E-state index in [1.54, 1.807) is 0 Å². The fraction of sp³-hybridized carbons (Fsp3) is 0.875. The van der Waals surface area contributed by atoms with E-state index in [9.17, 15) is 4.79 Å². The van der Waals surface area contributed by atoms with Gasteiger partial charge in [0, 0.05) is 19.1 Å². The van der Waals surface area contributed by atoms with E-state index >= 15 is 0 Å². The van der Waals surface area contributed by atoms with Crippen LogP contribution in [0, 0.1) is 0 Å². The number of carbonyl (C=O) groups is 1. The summed E-state index contributed by atoms with van der Waals surface area (Å²) in [5, 5.41) is 7.35. The van der Waals surface area contributed by atoms with Gasteiger partial charge in [0.05, 0.1) is 13.7 Å². The Morgan fingerprint density at radius 2 is 2.58 bits per heavy atom. The molecule has 0 aliphatic carbocycles. The zero-order valence-corrected chi connectivity index (χ0v) is 7.38. The van der Waals surface area contributed by atoms with E-state index < -0.39 is 0 Å². The standard InChI is InChI=1S/C8H15N2O2/c1-12-8(11)6-10-7-3-2-4-9-5-7/h7,10H,2-6H2,1H3. The summed E-state index contributed by atoms with van der Waals surface area (Å²) >= 11 is 0. The maximum Gasteiger partial charge on any atom is 0.319 e. The molecule has 4 heteroatoms. The van der Waals surface area contributed by atoms with Gasteiger partial charge in [0.1, 0.15) is 0 Å². The molecule has 0 amide bonds. The highest BCUT2D eigenvalue weighted by Crippen LogP contribution is 2.01. The molecule has 1 aliphatic rings. The molecule has 1 aliphatic heterocycles. The third-order valence-electron chi connectivity index (χ3n) is 1.98. The van der Waals surface area contributed by atoms with Crippen LogP contribution in [-0.2, 0) is 9.53 Å². The first-order valence-electron chi connectivity index (χ1n) is 4.26. The Labute approximate surface area is 72.7 Å². The van der Waals surface area contributed by atoms with Crippen molar-refractivity contribution in [3.63, 3.8) is 0 Å². The van der Waals surface area contributed by atoms with Crippen LogP contribution in [0.5, 0.6) is 0 Å². The van der Waals surface area contributed by atoms with Crippen molar-refractivity contribution in [1.29, 1.82) is 0 Å². The van der Waals surface area contributed by atoms with Crippen molar-refractivity contribution in [2.45, 2.75) is 18.9 Å². The smallest absolute Gasteiger partial charge is 0.319 e. The molecule has 1 fully saturated rings. The number of carbonyl (C=O) groups excluding carboxylic acids is 1. The first-order valence-corrected chi connectivity index (χ1v) is 4.26. The summed E-state index contributed by atoms with van der Waals surface area (Å²) in [6.45, 7) is 2.10. The lowest BCUT2D eigenvalue weighted by Gasteiger charge is -2.21. The molecular weight excluding hydrogens is 156 g/mol. The lowest BCUT2D eigenvalue weighted by atomic mass is 10.1. The highest BCUT2D eigenvalue weighted by Gasteiger charge is 2.13.